The van der Waals surface area contributed by atoms with E-state index in [4.69, 9.17) is 11.3 Å². The summed E-state index contributed by atoms with van der Waals surface area (Å²) >= 11 is 0. The Morgan fingerprint density at radius 1 is 1.41 bits per heavy atom. The third-order valence-electron chi connectivity index (χ3n) is 4.91. The van der Waals surface area contributed by atoms with Crippen molar-refractivity contribution in [1.29, 1.82) is 5.53 Å². The molecule has 27 heavy (non-hydrogen) atoms. The van der Waals surface area contributed by atoms with Crippen molar-refractivity contribution in [3.8, 4) is 0 Å². The summed E-state index contributed by atoms with van der Waals surface area (Å²) < 4.78 is 15.8. The highest BCUT2D eigenvalue weighted by Crippen LogP contribution is 2.45. The molecule has 1 fully saturated rings. The fraction of sp³-hybridized carbons (Fsp3) is 0.263. The number of nitrogens with two attached hydrogens (primary N) is 1. The second-order valence-corrected chi connectivity index (χ2v) is 6.70. The summed E-state index contributed by atoms with van der Waals surface area (Å²) in [6.07, 6.45) is 7.27. The number of rotatable bonds is 6. The average Bonchev–Trinajstić information content (AvgIpc) is 3.44. The van der Waals surface area contributed by atoms with Gasteiger partial charge in [0.25, 0.3) is 0 Å². The molecule has 0 saturated heterocycles. The van der Waals surface area contributed by atoms with Crippen LogP contribution in [0.3, 0.4) is 0 Å². The number of aromatic nitrogens is 3. The van der Waals surface area contributed by atoms with E-state index >= 15 is 0 Å². The van der Waals surface area contributed by atoms with Crippen LogP contribution >= 0.6 is 0 Å². The van der Waals surface area contributed by atoms with Crippen molar-refractivity contribution in [1.82, 2.24) is 14.5 Å². The van der Waals surface area contributed by atoms with Gasteiger partial charge in [-0.2, -0.15) is 5.11 Å². The van der Waals surface area contributed by atoms with Crippen molar-refractivity contribution in [2.24, 2.45) is 5.11 Å². The van der Waals surface area contributed by atoms with E-state index in [1.807, 2.05) is 17.7 Å². The van der Waals surface area contributed by atoms with Gasteiger partial charge in [-0.05, 0) is 43.4 Å². The number of fused-ring (bicyclic) bond motifs is 1. The fourth-order valence-electron chi connectivity index (χ4n) is 3.26. The number of hydrogen-bond acceptors (Lipinski definition) is 6. The molecule has 7 nitrogen and oxygen atoms in total. The van der Waals surface area contributed by atoms with Gasteiger partial charge in [0.1, 0.15) is 29.3 Å². The second kappa shape index (κ2) is 6.79. The van der Waals surface area contributed by atoms with Crippen LogP contribution in [-0.2, 0) is 0 Å². The molecule has 0 aliphatic heterocycles. The van der Waals surface area contributed by atoms with Crippen LogP contribution in [0.5, 0.6) is 0 Å². The van der Waals surface area contributed by atoms with Crippen molar-refractivity contribution in [2.45, 2.75) is 31.7 Å². The van der Waals surface area contributed by atoms with Gasteiger partial charge in [-0.25, -0.2) is 19.9 Å². The lowest BCUT2D eigenvalue weighted by molar-refractivity contribution is 0.621. The Kier molecular flexibility index (Phi) is 4.31. The molecule has 2 heterocycles. The first-order valence-corrected chi connectivity index (χ1v) is 8.79. The van der Waals surface area contributed by atoms with Gasteiger partial charge in [0.15, 0.2) is 0 Å². The highest BCUT2D eigenvalue weighted by molar-refractivity contribution is 5.90. The molecule has 4 N–H and O–H groups in total. The van der Waals surface area contributed by atoms with Crippen LogP contribution < -0.4 is 11.1 Å². The van der Waals surface area contributed by atoms with E-state index in [0.29, 0.717) is 23.1 Å². The lowest BCUT2D eigenvalue weighted by Crippen LogP contribution is -2.08. The molecule has 0 amide bonds. The van der Waals surface area contributed by atoms with Crippen molar-refractivity contribution < 1.29 is 4.39 Å². The molecule has 4 rings (SSSR count). The third kappa shape index (κ3) is 3.14. The van der Waals surface area contributed by atoms with Crippen LogP contribution in [0.25, 0.3) is 11.0 Å². The molecule has 0 spiro atoms. The predicted octanol–water partition coefficient (Wildman–Crippen LogP) is 4.58. The monoisotopic (exact) mass is 365 g/mol. The second-order valence-electron chi connectivity index (χ2n) is 6.70. The van der Waals surface area contributed by atoms with E-state index in [1.165, 1.54) is 12.4 Å². The summed E-state index contributed by atoms with van der Waals surface area (Å²) in [4.78, 5) is 8.53. The van der Waals surface area contributed by atoms with E-state index in [1.54, 1.807) is 24.4 Å². The zero-order valence-corrected chi connectivity index (χ0v) is 14.9. The SMILES string of the molecule is CC(/C(=C/Nc1ccccc1F)N=N)n1cc(C2CC2)c2c(N)ncnc21. The Hall–Kier alpha value is -3.29. The van der Waals surface area contributed by atoms with Gasteiger partial charge >= 0.3 is 0 Å². The molecular formula is C19H20FN7. The number of para-hydroxylation sites is 1. The molecule has 1 aliphatic rings. The summed E-state index contributed by atoms with van der Waals surface area (Å²) in [6, 6.07) is 6.07. The topological polar surface area (TPSA) is 105 Å². The minimum absolute atomic E-state index is 0.286. The standard InChI is InChI=1S/C19H20FN7/c1-11(16(26-22)8-23-15-5-3-2-4-14(15)20)27-9-13(12-6-7-12)17-18(21)24-10-25-19(17)27/h2-5,8-12,22-23H,6-7H2,1H3,(H2,21,24,25)/b16-8-,26-22?. The summed E-state index contributed by atoms with van der Waals surface area (Å²) in [6.45, 7) is 1.92. The van der Waals surface area contributed by atoms with Gasteiger partial charge in [0.2, 0.25) is 0 Å². The Bertz CT molecular complexity index is 1040. The smallest absolute Gasteiger partial charge is 0.146 e. The van der Waals surface area contributed by atoms with Gasteiger partial charge in [-0.15, -0.1) is 0 Å². The lowest BCUT2D eigenvalue weighted by atomic mass is 10.1. The van der Waals surface area contributed by atoms with E-state index in [9.17, 15) is 4.39 Å². The lowest BCUT2D eigenvalue weighted by Gasteiger charge is -2.15. The summed E-state index contributed by atoms with van der Waals surface area (Å²) in [5, 5.41) is 7.41. The number of nitrogens with zero attached hydrogens (tertiary/aromatic N) is 4. The molecule has 2 aromatic heterocycles. The van der Waals surface area contributed by atoms with Crippen LogP contribution in [0.2, 0.25) is 0 Å². The van der Waals surface area contributed by atoms with Gasteiger partial charge in [-0.3, -0.25) is 0 Å². The molecular weight excluding hydrogens is 345 g/mol. The third-order valence-corrected chi connectivity index (χ3v) is 4.91. The predicted molar refractivity (Wildman–Crippen MR) is 102 cm³/mol. The minimum Gasteiger partial charge on any atom is -0.383 e. The molecule has 0 radical (unpaired) electrons. The van der Waals surface area contributed by atoms with Gasteiger partial charge in [0, 0.05) is 12.4 Å². The first-order chi connectivity index (χ1) is 13.1. The molecule has 1 atom stereocenters. The zero-order chi connectivity index (χ0) is 19.0. The van der Waals surface area contributed by atoms with Crippen LogP contribution in [0, 0.1) is 11.3 Å². The summed E-state index contributed by atoms with van der Waals surface area (Å²) in [5.74, 6) is 0.575. The molecule has 1 aliphatic carbocycles. The van der Waals surface area contributed by atoms with Gasteiger partial charge < -0.3 is 15.6 Å². The largest absolute Gasteiger partial charge is 0.383 e. The Morgan fingerprint density at radius 3 is 2.89 bits per heavy atom. The van der Waals surface area contributed by atoms with Crippen molar-refractivity contribution in [2.75, 3.05) is 11.1 Å². The fourth-order valence-corrected chi connectivity index (χ4v) is 3.26. The Morgan fingerprint density at radius 2 is 2.19 bits per heavy atom. The number of halogens is 1. The number of anilines is 2. The van der Waals surface area contributed by atoms with Gasteiger partial charge in [0.05, 0.1) is 17.1 Å². The Balaban J connectivity index is 1.71. The normalized spacial score (nSPS) is 15.7. The first kappa shape index (κ1) is 17.1. The maximum Gasteiger partial charge on any atom is 0.146 e. The number of benzene rings is 1. The zero-order valence-electron chi connectivity index (χ0n) is 14.9. The van der Waals surface area contributed by atoms with Crippen molar-refractivity contribution >= 4 is 22.5 Å². The quantitative estimate of drug-likeness (QED) is 0.556. The van der Waals surface area contributed by atoms with Crippen LogP contribution in [0.1, 0.15) is 37.3 Å². The van der Waals surface area contributed by atoms with Crippen LogP contribution in [0.4, 0.5) is 15.9 Å². The number of hydrogen-bond donors (Lipinski definition) is 3. The van der Waals surface area contributed by atoms with E-state index in [2.05, 4.69) is 20.4 Å². The highest BCUT2D eigenvalue weighted by Gasteiger charge is 2.30. The molecule has 8 heteroatoms. The van der Waals surface area contributed by atoms with Crippen LogP contribution in [-0.4, -0.2) is 14.5 Å². The number of nitrogen functional groups attached to an aromatic ring is 1. The maximum atomic E-state index is 13.8. The van der Waals surface area contributed by atoms with E-state index in [-0.39, 0.29) is 11.9 Å². The Labute approximate surface area is 155 Å². The molecule has 1 saturated carbocycles. The molecule has 138 valence electrons. The van der Waals surface area contributed by atoms with Crippen molar-refractivity contribution in [3.63, 3.8) is 0 Å². The summed E-state index contributed by atoms with van der Waals surface area (Å²) in [7, 11) is 0. The molecule has 3 aromatic rings. The molecule has 1 aromatic carbocycles. The molecule has 0 bridgehead atoms. The highest BCUT2D eigenvalue weighted by atomic mass is 19.1. The minimum atomic E-state index is -0.367. The van der Waals surface area contributed by atoms with E-state index in [0.717, 1.165) is 29.4 Å². The number of nitrogens with one attached hydrogen (secondary N) is 2. The average molecular weight is 365 g/mol. The van der Waals surface area contributed by atoms with E-state index < -0.39 is 0 Å². The van der Waals surface area contributed by atoms with Gasteiger partial charge in [-0.1, -0.05) is 12.1 Å². The summed E-state index contributed by atoms with van der Waals surface area (Å²) in [5.41, 5.74) is 16.3. The first-order valence-electron chi connectivity index (χ1n) is 8.79. The van der Waals surface area contributed by atoms with Crippen molar-refractivity contribution in [3.05, 3.63) is 60.1 Å². The number of allylic oxidation sites excluding steroid dienone is 1. The maximum absolute atomic E-state index is 13.8. The van der Waals surface area contributed by atoms with Crippen LogP contribution in [0.15, 0.2) is 53.8 Å². The molecule has 1 unspecified atom stereocenters.